The fourth-order valence-corrected chi connectivity index (χ4v) is 5.60. The minimum absolute atomic E-state index is 0.274. The molecule has 67 heavy (non-hydrogen) atoms. The number of nitrogens with zero attached hydrogens (tertiary/aromatic N) is 11. The number of aromatic amines is 1. The molecule has 2 atom stereocenters. The van der Waals surface area contributed by atoms with Crippen LogP contribution in [0.4, 0.5) is 19.2 Å². The van der Waals surface area contributed by atoms with Crippen LogP contribution in [-0.4, -0.2) is 146 Å². The van der Waals surface area contributed by atoms with Crippen LogP contribution < -0.4 is 24.2 Å². The fourth-order valence-electron chi connectivity index (χ4n) is 5.60. The first-order valence-corrected chi connectivity index (χ1v) is 19.5. The first kappa shape index (κ1) is 44.9. The third-order valence-corrected chi connectivity index (χ3v) is 8.67. The zero-order valence-corrected chi connectivity index (χ0v) is 34.4. The van der Waals surface area contributed by atoms with Crippen LogP contribution in [0.25, 0.3) is 44.1 Å². The molecule has 29 heteroatoms. The highest BCUT2D eigenvalue weighted by molar-refractivity contribution is 5.76. The topological polar surface area (TPSA) is 313 Å². The first-order chi connectivity index (χ1) is 32.9. The van der Waals surface area contributed by atoms with E-state index >= 15 is 0 Å². The Bertz CT molecular complexity index is 2730. The van der Waals surface area contributed by atoms with E-state index in [1.165, 1.54) is 0 Å². The number of carbonyl (C=O) groups excluding carboxylic acids is 4. The van der Waals surface area contributed by atoms with Crippen molar-refractivity contribution in [3.8, 4) is 0 Å². The molecule has 0 amide bonds. The zero-order valence-electron chi connectivity index (χ0n) is 34.4. The number of para-hydroxylation sites is 5. The van der Waals surface area contributed by atoms with Crippen LogP contribution in [0.15, 0.2) is 97.1 Å². The summed E-state index contributed by atoms with van der Waals surface area (Å²) in [5.74, 6) is 0. The van der Waals surface area contributed by atoms with E-state index < -0.39 is 64.0 Å². The van der Waals surface area contributed by atoms with Crippen molar-refractivity contribution in [1.29, 1.82) is 0 Å². The van der Waals surface area contributed by atoms with Gasteiger partial charge in [-0.25, -0.2) is 14.4 Å². The molecule has 0 radical (unpaired) electrons. The predicted molar refractivity (Wildman–Crippen MR) is 213 cm³/mol. The Morgan fingerprint density at radius 1 is 0.478 bits per heavy atom. The summed E-state index contributed by atoms with van der Waals surface area (Å²) in [6, 6.07) is 27.0. The molecule has 0 saturated heterocycles. The number of benzene rings is 4. The standard InChI is InChI=1S/C38H34N12O17/c51-35(64-47-31-13-5-1-9-27(31)39-43-47)60-21-56-19-25(58-23-62-37(53)66-49-33-15-7-3-11-29(33)41-45-49)17-55-18-26(59-24-63-38(54)67-50-34-16-8-4-12-30(34)42-46-50)20-57-22-61-36(52)65-48-32-14-6-2-10-28(32)40-44-48/h1-16,25-26H,17-24H2/p+1. The molecule has 0 fully saturated rings. The summed E-state index contributed by atoms with van der Waals surface area (Å²) in [6.45, 7) is -3.74. The number of nitrogens with one attached hydrogen (secondary N) is 1. The number of aromatic nitrogens is 12. The molecular weight excluding hydrogens is 896 g/mol. The van der Waals surface area contributed by atoms with E-state index in [1.54, 1.807) is 97.1 Å². The summed E-state index contributed by atoms with van der Waals surface area (Å²) in [7, 11) is 0. The van der Waals surface area contributed by atoms with Crippen LogP contribution in [0.2, 0.25) is 0 Å². The lowest BCUT2D eigenvalue weighted by molar-refractivity contribution is -0.896. The second kappa shape index (κ2) is 22.3. The highest BCUT2D eigenvalue weighted by Gasteiger charge is 2.21. The quantitative estimate of drug-likeness (QED) is 0.0248. The van der Waals surface area contributed by atoms with E-state index in [1.807, 2.05) is 0 Å². The molecule has 4 aromatic heterocycles. The van der Waals surface area contributed by atoms with Gasteiger partial charge in [0.15, 0.2) is 27.2 Å². The molecule has 4 aromatic carbocycles. The second-order valence-corrected chi connectivity index (χ2v) is 13.1. The minimum Gasteiger partial charge on any atom is -0.405 e. The number of carbonyl (C=O) groups is 4. The maximum Gasteiger partial charge on any atom is 0.555 e. The Morgan fingerprint density at radius 3 is 1.34 bits per heavy atom. The molecule has 0 aliphatic rings. The Kier molecular flexibility index (Phi) is 15.0. The smallest absolute Gasteiger partial charge is 0.405 e. The second-order valence-electron chi connectivity index (χ2n) is 13.1. The van der Waals surface area contributed by atoms with Gasteiger partial charge in [0.2, 0.25) is 5.52 Å². The van der Waals surface area contributed by atoms with Gasteiger partial charge in [0.05, 0.1) is 26.4 Å². The summed E-state index contributed by atoms with van der Waals surface area (Å²) >= 11 is 0. The average molecular weight is 932 g/mol. The molecule has 0 spiro atoms. The van der Waals surface area contributed by atoms with Gasteiger partial charge in [-0.05, 0) is 69.4 Å². The van der Waals surface area contributed by atoms with E-state index in [0.29, 0.717) is 44.1 Å². The first-order valence-electron chi connectivity index (χ1n) is 19.5. The average Bonchev–Trinajstić information content (AvgIpc) is 4.15. The molecule has 0 bridgehead atoms. The van der Waals surface area contributed by atoms with Gasteiger partial charge >= 0.3 is 24.6 Å². The van der Waals surface area contributed by atoms with Crippen molar-refractivity contribution in [2.24, 2.45) is 0 Å². The third-order valence-electron chi connectivity index (χ3n) is 8.67. The molecule has 8 rings (SSSR count). The van der Waals surface area contributed by atoms with E-state index in [2.05, 4.69) is 41.2 Å². The summed E-state index contributed by atoms with van der Waals surface area (Å²) in [4.78, 5) is 73.7. The SMILES string of the molecule is O=C(OCOCC(COCC(COCOC(=O)O[n+]1[nH]nc2ccccc21)OCOC(=O)On1nnc2ccccc21)OCOC(=O)On1nnc2ccccc21)On1nnc2ccccc21. The van der Waals surface area contributed by atoms with Crippen LogP contribution in [0.5, 0.6) is 0 Å². The van der Waals surface area contributed by atoms with Crippen LogP contribution in [0.3, 0.4) is 0 Å². The minimum atomic E-state index is -1.19. The number of hydrogen-bond acceptors (Lipinski definition) is 24. The van der Waals surface area contributed by atoms with E-state index in [9.17, 15) is 19.2 Å². The number of H-pyrrole nitrogens is 1. The largest absolute Gasteiger partial charge is 0.555 e. The van der Waals surface area contributed by atoms with Gasteiger partial charge in [-0.2, -0.15) is 9.63 Å². The summed E-state index contributed by atoms with van der Waals surface area (Å²) in [5.41, 5.74) is 3.62. The van der Waals surface area contributed by atoms with Crippen molar-refractivity contribution in [1.82, 2.24) is 55.8 Å². The molecule has 0 aliphatic carbocycles. The van der Waals surface area contributed by atoms with Crippen LogP contribution in [-0.2, 0) is 42.6 Å². The van der Waals surface area contributed by atoms with Crippen molar-refractivity contribution < 1.29 is 86.0 Å². The van der Waals surface area contributed by atoms with Gasteiger partial charge < -0.3 is 42.6 Å². The fraction of sp³-hybridized carbons (Fsp3) is 0.263. The van der Waals surface area contributed by atoms with Crippen LogP contribution in [0, 0.1) is 0 Å². The van der Waals surface area contributed by atoms with Crippen molar-refractivity contribution in [3.05, 3.63) is 97.1 Å². The van der Waals surface area contributed by atoms with Crippen LogP contribution in [0.1, 0.15) is 0 Å². The van der Waals surface area contributed by atoms with Gasteiger partial charge in [0.1, 0.15) is 45.3 Å². The highest BCUT2D eigenvalue weighted by atomic mass is 16.9. The van der Waals surface area contributed by atoms with Crippen molar-refractivity contribution in [3.63, 3.8) is 0 Å². The van der Waals surface area contributed by atoms with Crippen molar-refractivity contribution in [2.75, 3.05) is 53.6 Å². The number of rotatable bonds is 22. The van der Waals surface area contributed by atoms with E-state index in [-0.39, 0.29) is 26.4 Å². The number of fused-ring (bicyclic) bond motifs is 4. The molecular formula is C38H35N12O17+. The summed E-state index contributed by atoms with van der Waals surface area (Å²) < 4.78 is 48.2. The zero-order chi connectivity index (χ0) is 46.2. The van der Waals surface area contributed by atoms with Crippen molar-refractivity contribution in [2.45, 2.75) is 12.2 Å². The molecule has 0 saturated carbocycles. The predicted octanol–water partition coefficient (Wildman–Crippen LogP) is 1.10. The Morgan fingerprint density at radius 2 is 0.866 bits per heavy atom. The Balaban J connectivity index is 0.838. The maximum atomic E-state index is 12.5. The van der Waals surface area contributed by atoms with Crippen LogP contribution >= 0.6 is 0 Å². The number of ether oxygens (including phenoxy) is 9. The van der Waals surface area contributed by atoms with Gasteiger partial charge in [0.25, 0.3) is 5.52 Å². The molecule has 348 valence electrons. The van der Waals surface area contributed by atoms with E-state index in [4.69, 9.17) is 62.0 Å². The molecule has 0 aliphatic heterocycles. The molecule has 2 unspecified atom stereocenters. The molecule has 8 aromatic rings. The lowest BCUT2D eigenvalue weighted by Gasteiger charge is -2.21. The third kappa shape index (κ3) is 12.3. The Hall–Kier alpha value is -8.64. The van der Waals surface area contributed by atoms with Gasteiger partial charge in [0, 0.05) is 9.94 Å². The maximum absolute atomic E-state index is 12.5. The highest BCUT2D eigenvalue weighted by Crippen LogP contribution is 2.11. The Labute approximate surface area is 373 Å². The van der Waals surface area contributed by atoms with Gasteiger partial charge in [-0.15, -0.1) is 15.3 Å². The summed E-state index contributed by atoms with van der Waals surface area (Å²) in [6.07, 6.45) is -6.70. The molecule has 1 N–H and O–H groups in total. The van der Waals surface area contributed by atoms with Gasteiger partial charge in [-0.1, -0.05) is 63.1 Å². The number of hydrogen-bond donors (Lipinski definition) is 1. The van der Waals surface area contributed by atoms with E-state index in [0.717, 1.165) is 19.4 Å². The lowest BCUT2D eigenvalue weighted by Crippen LogP contribution is -2.48. The normalized spacial score (nSPS) is 12.2. The monoisotopic (exact) mass is 931 g/mol. The van der Waals surface area contributed by atoms with Gasteiger partial charge in [-0.3, -0.25) is 14.5 Å². The molecule has 29 nitrogen and oxygen atoms in total. The molecule has 4 heterocycles. The lowest BCUT2D eigenvalue weighted by atomic mass is 10.3. The summed E-state index contributed by atoms with van der Waals surface area (Å²) in [5, 5.41) is 29.5. The van der Waals surface area contributed by atoms with Crippen molar-refractivity contribution >= 4 is 68.8 Å².